The van der Waals surface area contributed by atoms with Crippen molar-refractivity contribution in [2.24, 2.45) is 16.8 Å². The van der Waals surface area contributed by atoms with E-state index in [2.05, 4.69) is 115 Å². The van der Waals surface area contributed by atoms with Crippen molar-refractivity contribution in [2.75, 3.05) is 0 Å². The van der Waals surface area contributed by atoms with E-state index in [1.165, 1.54) is 78.7 Å². The molecule has 236 valence electrons. The van der Waals surface area contributed by atoms with Crippen LogP contribution in [0.1, 0.15) is 47.4 Å². The molecular weight excluding hydrogens is 609 g/mol. The number of hydrogen-bond donors (Lipinski definition) is 0. The second-order valence-electron chi connectivity index (χ2n) is 14.8. The second kappa shape index (κ2) is 9.67. The lowest BCUT2D eigenvalue weighted by molar-refractivity contribution is 0.336. The van der Waals surface area contributed by atoms with Gasteiger partial charge >= 0.3 is 0 Å². The summed E-state index contributed by atoms with van der Waals surface area (Å²) in [5.74, 6) is 2.33. The zero-order chi connectivity index (χ0) is 32.6. The van der Waals surface area contributed by atoms with Crippen LogP contribution in [-0.2, 0) is 5.41 Å². The molecule has 2 heterocycles. The molecule has 0 N–H and O–H groups in total. The first kappa shape index (κ1) is 27.1. The normalized spacial score (nSPS) is 22.7. The highest BCUT2D eigenvalue weighted by Crippen LogP contribution is 2.62. The molecule has 0 saturated heterocycles. The molecule has 50 heavy (non-hydrogen) atoms. The van der Waals surface area contributed by atoms with Gasteiger partial charge < -0.3 is 4.42 Å². The Bertz CT molecular complexity index is 2770. The van der Waals surface area contributed by atoms with E-state index in [0.29, 0.717) is 23.6 Å². The van der Waals surface area contributed by atoms with Gasteiger partial charge in [0.1, 0.15) is 5.52 Å². The third-order valence-corrected chi connectivity index (χ3v) is 12.5. The molecule has 3 heteroatoms. The van der Waals surface area contributed by atoms with Crippen LogP contribution in [-0.4, -0.2) is 10.7 Å². The van der Waals surface area contributed by atoms with Gasteiger partial charge in [-0.2, -0.15) is 0 Å². The van der Waals surface area contributed by atoms with E-state index >= 15 is 0 Å². The van der Waals surface area contributed by atoms with Crippen LogP contribution in [0.15, 0.2) is 143 Å². The maximum Gasteiger partial charge on any atom is 0.227 e. The average Bonchev–Trinajstić information content (AvgIpc) is 3.74. The Hall–Kier alpha value is -5.80. The van der Waals surface area contributed by atoms with Gasteiger partial charge in [0.2, 0.25) is 5.89 Å². The molecule has 7 aromatic carbocycles. The van der Waals surface area contributed by atoms with Gasteiger partial charge in [-0.1, -0.05) is 109 Å². The van der Waals surface area contributed by atoms with E-state index in [9.17, 15) is 0 Å². The van der Waals surface area contributed by atoms with Crippen molar-refractivity contribution in [2.45, 2.75) is 30.6 Å². The van der Waals surface area contributed by atoms with Crippen molar-refractivity contribution in [1.29, 1.82) is 0 Å². The van der Waals surface area contributed by atoms with E-state index in [1.807, 2.05) is 24.3 Å². The van der Waals surface area contributed by atoms with Crippen molar-refractivity contribution >= 4 is 50.1 Å². The van der Waals surface area contributed by atoms with Crippen LogP contribution in [0.4, 0.5) is 5.69 Å². The number of aromatic nitrogens is 1. The Labute approximate surface area is 289 Å². The third-order valence-electron chi connectivity index (χ3n) is 12.5. The summed E-state index contributed by atoms with van der Waals surface area (Å²) in [5, 5.41) is 6.81. The fraction of sp³-hybridized carbons (Fsp3) is 0.149. The van der Waals surface area contributed by atoms with E-state index in [1.54, 1.807) is 0 Å². The molecule has 1 aromatic heterocycles. The first-order chi connectivity index (χ1) is 24.7. The molecule has 2 saturated carbocycles. The van der Waals surface area contributed by atoms with E-state index < -0.39 is 0 Å². The number of aliphatic imine (C=N–C) groups is 1. The standard InChI is InChI=1S/C47H32N2O/c1-2-6-40-36(5-1)35-22-23-38(35)45(48-40)29-11-9-27(10-12-29)34-20-15-28-17-24-39-44-31(16-21-37(34)43(28)44)25-33-26-47(33,39)32-18-13-30(14-19-32)46-49-41-7-3-4-8-42(41)50-46/h1-21,24-25,33,35,38H,22-23,26H2. The van der Waals surface area contributed by atoms with Crippen LogP contribution >= 0.6 is 0 Å². The highest BCUT2D eigenvalue weighted by Gasteiger charge is 2.57. The van der Waals surface area contributed by atoms with Crippen LogP contribution in [0.5, 0.6) is 0 Å². The molecule has 0 spiro atoms. The van der Waals surface area contributed by atoms with Crippen molar-refractivity contribution in [1.82, 2.24) is 4.98 Å². The fourth-order valence-electron chi connectivity index (χ4n) is 9.76. The minimum Gasteiger partial charge on any atom is -0.436 e. The summed E-state index contributed by atoms with van der Waals surface area (Å²) in [4.78, 5) is 9.93. The smallest absolute Gasteiger partial charge is 0.227 e. The average molecular weight is 641 g/mol. The number of oxazole rings is 1. The van der Waals surface area contributed by atoms with Crippen molar-refractivity contribution in [3.05, 3.63) is 161 Å². The number of nitrogens with zero attached hydrogens (tertiary/aromatic N) is 2. The number of rotatable bonds is 4. The monoisotopic (exact) mass is 640 g/mol. The van der Waals surface area contributed by atoms with E-state index in [-0.39, 0.29) is 5.41 Å². The van der Waals surface area contributed by atoms with Crippen molar-refractivity contribution in [3.8, 4) is 22.6 Å². The summed E-state index contributed by atoms with van der Waals surface area (Å²) in [6.07, 6.45) is 6.16. The van der Waals surface area contributed by atoms with Gasteiger partial charge in [-0.05, 0) is 122 Å². The molecule has 1 aliphatic heterocycles. The predicted octanol–water partition coefficient (Wildman–Crippen LogP) is 10.9. The zero-order valence-electron chi connectivity index (χ0n) is 27.4. The lowest BCUT2D eigenvalue weighted by Crippen LogP contribution is -2.34. The summed E-state index contributed by atoms with van der Waals surface area (Å²) in [6, 6.07) is 49.0. The molecule has 0 amide bonds. The lowest BCUT2D eigenvalue weighted by Gasteiger charge is -2.41. The molecule has 4 atom stereocenters. The van der Waals surface area contributed by atoms with Crippen molar-refractivity contribution < 1.29 is 4.42 Å². The molecule has 3 nitrogen and oxygen atoms in total. The SMILES string of the molecule is C1=c2ccc3c(-c4ccc(C5=Nc6ccccc6C6CCC56)cc4)ccc4ccc(c2c43)C2(c3ccc(-c4nc5ccccc5o4)cc3)CC12. The highest BCUT2D eigenvalue weighted by molar-refractivity contribution is 6.17. The first-order valence-corrected chi connectivity index (χ1v) is 18.0. The molecule has 4 aliphatic rings. The van der Waals surface area contributed by atoms with Gasteiger partial charge in [-0.15, -0.1) is 0 Å². The quantitative estimate of drug-likeness (QED) is 0.192. The zero-order valence-corrected chi connectivity index (χ0v) is 27.4. The maximum atomic E-state index is 6.09. The number of hydrogen-bond acceptors (Lipinski definition) is 3. The van der Waals surface area contributed by atoms with Gasteiger partial charge in [0.15, 0.2) is 5.58 Å². The molecule has 3 aliphatic carbocycles. The summed E-state index contributed by atoms with van der Waals surface area (Å²) in [7, 11) is 0. The first-order valence-electron chi connectivity index (χ1n) is 18.0. The fourth-order valence-corrected chi connectivity index (χ4v) is 9.76. The Kier molecular flexibility index (Phi) is 5.24. The Balaban J connectivity index is 0.939. The maximum absolute atomic E-state index is 6.09. The van der Waals surface area contributed by atoms with Gasteiger partial charge in [0.05, 0.1) is 11.4 Å². The predicted molar refractivity (Wildman–Crippen MR) is 203 cm³/mol. The Morgan fingerprint density at radius 1 is 0.640 bits per heavy atom. The number of para-hydroxylation sites is 3. The Morgan fingerprint density at radius 2 is 1.42 bits per heavy atom. The number of fused-ring (bicyclic) bond motifs is 6. The lowest BCUT2D eigenvalue weighted by atomic mass is 9.65. The summed E-state index contributed by atoms with van der Waals surface area (Å²) < 4.78 is 6.09. The third kappa shape index (κ3) is 3.59. The molecular formula is C47H32N2O. The minimum atomic E-state index is 0.00564. The molecule has 2 fully saturated rings. The largest absolute Gasteiger partial charge is 0.436 e. The van der Waals surface area contributed by atoms with Gasteiger partial charge in [-0.25, -0.2) is 4.98 Å². The van der Waals surface area contributed by atoms with E-state index in [0.717, 1.165) is 28.8 Å². The molecule has 0 radical (unpaired) electrons. The summed E-state index contributed by atoms with van der Waals surface area (Å²) >= 11 is 0. The summed E-state index contributed by atoms with van der Waals surface area (Å²) in [5.41, 5.74) is 13.2. The van der Waals surface area contributed by atoms with Gasteiger partial charge in [0.25, 0.3) is 0 Å². The molecule has 8 aromatic rings. The molecule has 0 bridgehead atoms. The van der Waals surface area contributed by atoms with Gasteiger partial charge in [0, 0.05) is 16.9 Å². The second-order valence-corrected chi connectivity index (χ2v) is 14.8. The van der Waals surface area contributed by atoms with Crippen LogP contribution in [0.2, 0.25) is 0 Å². The highest BCUT2D eigenvalue weighted by atomic mass is 16.3. The topological polar surface area (TPSA) is 38.4 Å². The van der Waals surface area contributed by atoms with Crippen molar-refractivity contribution in [3.63, 3.8) is 0 Å². The van der Waals surface area contributed by atoms with Crippen LogP contribution in [0.25, 0.3) is 61.3 Å². The molecule has 4 unspecified atom stereocenters. The van der Waals surface area contributed by atoms with Crippen LogP contribution < -0.4 is 5.22 Å². The van der Waals surface area contributed by atoms with Crippen LogP contribution in [0, 0.1) is 11.8 Å². The van der Waals surface area contributed by atoms with E-state index in [4.69, 9.17) is 14.4 Å². The number of benzene rings is 7. The van der Waals surface area contributed by atoms with Crippen LogP contribution in [0.3, 0.4) is 0 Å². The van der Waals surface area contributed by atoms with Gasteiger partial charge in [-0.3, -0.25) is 4.99 Å². The molecule has 12 rings (SSSR count). The Morgan fingerprint density at radius 3 is 2.28 bits per heavy atom. The summed E-state index contributed by atoms with van der Waals surface area (Å²) in [6.45, 7) is 0. The minimum absolute atomic E-state index is 0.00564.